The van der Waals surface area contributed by atoms with Gasteiger partial charge in [-0.05, 0) is 49.7 Å². The molecule has 1 amide bonds. The number of hydrogen-bond donors (Lipinski definition) is 3. The number of hydrogen-bond acceptors (Lipinski definition) is 3. The zero-order chi connectivity index (χ0) is 15.6. The van der Waals surface area contributed by atoms with E-state index in [0.29, 0.717) is 22.4 Å². The highest BCUT2D eigenvalue weighted by Crippen LogP contribution is 2.29. The minimum Gasteiger partial charge on any atom is -0.508 e. The molecule has 2 aromatic rings. The van der Waals surface area contributed by atoms with Gasteiger partial charge < -0.3 is 16.2 Å². The van der Waals surface area contributed by atoms with Crippen molar-refractivity contribution in [1.82, 2.24) is 0 Å². The van der Waals surface area contributed by atoms with Crippen LogP contribution in [0.1, 0.15) is 34.5 Å². The second-order valence-corrected chi connectivity index (χ2v) is 4.91. The van der Waals surface area contributed by atoms with Crippen LogP contribution < -0.4 is 11.1 Å². The van der Waals surface area contributed by atoms with Crippen LogP contribution in [0.25, 0.3) is 0 Å². The number of rotatable bonds is 4. The first-order valence-corrected chi connectivity index (χ1v) is 6.54. The second-order valence-electron chi connectivity index (χ2n) is 4.91. The second kappa shape index (κ2) is 5.83. The first-order chi connectivity index (χ1) is 9.90. The largest absolute Gasteiger partial charge is 0.508 e. The molecule has 0 aliphatic rings. The molecule has 0 radical (unpaired) electrons. The van der Waals surface area contributed by atoms with Crippen molar-refractivity contribution in [3.8, 4) is 5.75 Å². The molecule has 5 heteroatoms. The Morgan fingerprint density at radius 2 is 2.05 bits per heavy atom. The molecule has 0 aromatic heterocycles. The summed E-state index contributed by atoms with van der Waals surface area (Å²) in [5.41, 5.74) is 7.61. The molecular formula is C16H17FN2O2. The molecule has 0 saturated carbocycles. The summed E-state index contributed by atoms with van der Waals surface area (Å²) in [5.74, 6) is -0.906. The van der Waals surface area contributed by atoms with Crippen LogP contribution in [0.5, 0.6) is 5.75 Å². The van der Waals surface area contributed by atoms with Crippen LogP contribution in [0.3, 0.4) is 0 Å². The maximum atomic E-state index is 13.3. The lowest BCUT2D eigenvalue weighted by Crippen LogP contribution is -2.15. The highest BCUT2D eigenvalue weighted by Gasteiger charge is 2.14. The Bertz CT molecular complexity index is 686. The number of nitrogens with two attached hydrogens (primary N) is 1. The Morgan fingerprint density at radius 1 is 1.33 bits per heavy atom. The van der Waals surface area contributed by atoms with E-state index < -0.39 is 11.7 Å². The van der Waals surface area contributed by atoms with Gasteiger partial charge in [-0.2, -0.15) is 0 Å². The minimum absolute atomic E-state index is 0.0140. The third-order valence-corrected chi connectivity index (χ3v) is 3.43. The predicted molar refractivity (Wildman–Crippen MR) is 79.8 cm³/mol. The van der Waals surface area contributed by atoms with Gasteiger partial charge in [-0.3, -0.25) is 4.79 Å². The fraction of sp³-hybridized carbons (Fsp3) is 0.188. The van der Waals surface area contributed by atoms with E-state index in [1.54, 1.807) is 32.0 Å². The van der Waals surface area contributed by atoms with Crippen LogP contribution in [-0.2, 0) is 0 Å². The number of nitrogens with one attached hydrogen (secondary N) is 1. The molecule has 1 unspecified atom stereocenters. The third-order valence-electron chi connectivity index (χ3n) is 3.43. The topological polar surface area (TPSA) is 75.3 Å². The molecule has 0 saturated heterocycles. The summed E-state index contributed by atoms with van der Waals surface area (Å²) >= 11 is 0. The fourth-order valence-corrected chi connectivity index (χ4v) is 2.24. The molecule has 110 valence electrons. The number of halogens is 1. The van der Waals surface area contributed by atoms with Crippen molar-refractivity contribution in [2.24, 2.45) is 5.73 Å². The number of primary amides is 1. The summed E-state index contributed by atoms with van der Waals surface area (Å²) < 4.78 is 13.3. The molecule has 0 aliphatic carbocycles. The third kappa shape index (κ3) is 3.13. The van der Waals surface area contributed by atoms with Crippen LogP contribution in [0, 0.1) is 12.7 Å². The van der Waals surface area contributed by atoms with Crippen molar-refractivity contribution in [2.45, 2.75) is 19.9 Å². The lowest BCUT2D eigenvalue weighted by molar-refractivity contribution is 0.0999. The SMILES string of the molecule is Cc1c(NC(C)c2cc(F)ccc2O)cccc1C(N)=O. The number of carbonyl (C=O) groups is 1. The lowest BCUT2D eigenvalue weighted by Gasteiger charge is -2.19. The van der Waals surface area contributed by atoms with Crippen LogP contribution in [-0.4, -0.2) is 11.0 Å². The Morgan fingerprint density at radius 3 is 2.71 bits per heavy atom. The number of anilines is 1. The average molecular weight is 288 g/mol. The molecule has 1 atom stereocenters. The molecule has 2 rings (SSSR count). The number of benzene rings is 2. The van der Waals surface area contributed by atoms with E-state index in [4.69, 9.17) is 5.73 Å². The van der Waals surface area contributed by atoms with Gasteiger partial charge in [0.15, 0.2) is 0 Å². The van der Waals surface area contributed by atoms with E-state index in [2.05, 4.69) is 5.32 Å². The number of carbonyl (C=O) groups excluding carboxylic acids is 1. The molecule has 0 fully saturated rings. The summed E-state index contributed by atoms with van der Waals surface area (Å²) in [6, 6.07) is 8.62. The zero-order valence-electron chi connectivity index (χ0n) is 11.9. The first kappa shape index (κ1) is 14.8. The van der Waals surface area contributed by atoms with E-state index in [-0.39, 0.29) is 11.8 Å². The number of amides is 1. The van der Waals surface area contributed by atoms with Gasteiger partial charge in [0.05, 0.1) is 6.04 Å². The van der Waals surface area contributed by atoms with Crippen molar-refractivity contribution in [1.29, 1.82) is 0 Å². The summed E-state index contributed by atoms with van der Waals surface area (Å²) in [5, 5.41) is 13.0. The standard InChI is InChI=1S/C16H17FN2O2/c1-9-12(16(18)21)4-3-5-14(9)19-10(2)13-8-11(17)6-7-15(13)20/h3-8,10,19-20H,1-2H3,(H2,18,21). The Balaban J connectivity index is 2.32. The van der Waals surface area contributed by atoms with E-state index in [0.717, 1.165) is 0 Å². The van der Waals surface area contributed by atoms with Crippen molar-refractivity contribution in [3.05, 3.63) is 58.9 Å². The fourth-order valence-electron chi connectivity index (χ4n) is 2.24. The molecule has 21 heavy (non-hydrogen) atoms. The van der Waals surface area contributed by atoms with E-state index in [9.17, 15) is 14.3 Å². The average Bonchev–Trinajstić information content (AvgIpc) is 2.43. The molecular weight excluding hydrogens is 271 g/mol. The lowest BCUT2D eigenvalue weighted by atomic mass is 10.0. The van der Waals surface area contributed by atoms with Gasteiger partial charge in [-0.15, -0.1) is 0 Å². The molecule has 0 heterocycles. The molecule has 2 aromatic carbocycles. The maximum Gasteiger partial charge on any atom is 0.249 e. The van der Waals surface area contributed by atoms with Gasteiger partial charge in [0.25, 0.3) is 0 Å². The van der Waals surface area contributed by atoms with E-state index >= 15 is 0 Å². The van der Waals surface area contributed by atoms with Crippen molar-refractivity contribution in [3.63, 3.8) is 0 Å². The monoisotopic (exact) mass is 288 g/mol. The van der Waals surface area contributed by atoms with Crippen LogP contribution in [0.15, 0.2) is 36.4 Å². The summed E-state index contributed by atoms with van der Waals surface area (Å²) in [7, 11) is 0. The number of phenols is 1. The Kier molecular flexibility index (Phi) is 4.12. The Labute approximate surface area is 122 Å². The quantitative estimate of drug-likeness (QED) is 0.809. The van der Waals surface area contributed by atoms with Crippen LogP contribution in [0.4, 0.5) is 10.1 Å². The van der Waals surface area contributed by atoms with Gasteiger partial charge in [0.1, 0.15) is 11.6 Å². The van der Waals surface area contributed by atoms with Crippen molar-refractivity contribution in [2.75, 3.05) is 5.32 Å². The van der Waals surface area contributed by atoms with Crippen molar-refractivity contribution < 1.29 is 14.3 Å². The molecule has 4 N–H and O–H groups in total. The van der Waals surface area contributed by atoms with Gasteiger partial charge >= 0.3 is 0 Å². The van der Waals surface area contributed by atoms with Gasteiger partial charge in [0.2, 0.25) is 5.91 Å². The van der Waals surface area contributed by atoms with Crippen LogP contribution in [0.2, 0.25) is 0 Å². The minimum atomic E-state index is -0.502. The highest BCUT2D eigenvalue weighted by molar-refractivity contribution is 5.95. The number of aromatic hydroxyl groups is 1. The van der Waals surface area contributed by atoms with E-state index in [1.165, 1.54) is 18.2 Å². The molecule has 0 spiro atoms. The highest BCUT2D eigenvalue weighted by atomic mass is 19.1. The van der Waals surface area contributed by atoms with E-state index in [1.807, 2.05) is 0 Å². The molecule has 0 bridgehead atoms. The first-order valence-electron chi connectivity index (χ1n) is 6.54. The summed E-state index contributed by atoms with van der Waals surface area (Å²) in [6.07, 6.45) is 0. The predicted octanol–water partition coefficient (Wildman–Crippen LogP) is 3.11. The molecule has 0 aliphatic heterocycles. The van der Waals surface area contributed by atoms with Crippen LogP contribution >= 0.6 is 0 Å². The zero-order valence-corrected chi connectivity index (χ0v) is 11.9. The van der Waals surface area contributed by atoms with Gasteiger partial charge in [-0.1, -0.05) is 6.07 Å². The normalized spacial score (nSPS) is 12.0. The summed E-state index contributed by atoms with van der Waals surface area (Å²) in [4.78, 5) is 11.3. The molecule has 4 nitrogen and oxygen atoms in total. The number of phenolic OH excluding ortho intramolecular Hbond substituents is 1. The van der Waals surface area contributed by atoms with Crippen molar-refractivity contribution >= 4 is 11.6 Å². The summed E-state index contributed by atoms with van der Waals surface area (Å²) in [6.45, 7) is 3.57. The Hall–Kier alpha value is -2.56. The van der Waals surface area contributed by atoms with Gasteiger partial charge in [-0.25, -0.2) is 4.39 Å². The maximum absolute atomic E-state index is 13.3. The van der Waals surface area contributed by atoms with Gasteiger partial charge in [0, 0.05) is 16.8 Å². The smallest absolute Gasteiger partial charge is 0.249 e.